The minimum atomic E-state index is -3.27. The van der Waals surface area contributed by atoms with Crippen molar-refractivity contribution in [2.24, 2.45) is 5.92 Å². The smallest absolute Gasteiger partial charge is 0.282 e. The van der Waals surface area contributed by atoms with E-state index < -0.39 is 10.2 Å². The summed E-state index contributed by atoms with van der Waals surface area (Å²) in [5.74, 6) is 0.499. The zero-order chi connectivity index (χ0) is 12.6. The molecule has 0 aromatic carbocycles. The fourth-order valence-corrected chi connectivity index (χ4v) is 4.27. The Morgan fingerprint density at radius 3 is 2.65 bits per heavy atom. The first-order chi connectivity index (χ1) is 7.93. The predicted octanol–water partition coefficient (Wildman–Crippen LogP) is 0.255. The van der Waals surface area contributed by atoms with Gasteiger partial charge < -0.3 is 5.32 Å². The number of nitrogens with zero attached hydrogens (tertiary/aromatic N) is 2. The summed E-state index contributed by atoms with van der Waals surface area (Å²) in [6, 6.07) is 0.370. The van der Waals surface area contributed by atoms with Crippen LogP contribution in [0.25, 0.3) is 0 Å². The van der Waals surface area contributed by atoms with Crippen LogP contribution in [-0.2, 0) is 10.2 Å². The third-order valence-corrected chi connectivity index (χ3v) is 6.08. The summed E-state index contributed by atoms with van der Waals surface area (Å²) >= 11 is 0. The summed E-state index contributed by atoms with van der Waals surface area (Å²) in [6.07, 6.45) is 2.31. The second kappa shape index (κ2) is 4.84. The molecule has 0 aliphatic carbocycles. The maximum absolute atomic E-state index is 12.3. The number of fused-ring (bicyclic) bond motifs is 1. The van der Waals surface area contributed by atoms with Gasteiger partial charge in [-0.15, -0.1) is 0 Å². The zero-order valence-corrected chi connectivity index (χ0v) is 11.7. The lowest BCUT2D eigenvalue weighted by molar-refractivity contribution is 0.337. The molecule has 2 rings (SSSR count). The van der Waals surface area contributed by atoms with Gasteiger partial charge in [0.25, 0.3) is 10.2 Å². The van der Waals surface area contributed by atoms with E-state index in [0.29, 0.717) is 25.0 Å². The quantitative estimate of drug-likeness (QED) is 0.792. The lowest BCUT2D eigenvalue weighted by Crippen LogP contribution is -2.45. The Labute approximate surface area is 104 Å². The summed E-state index contributed by atoms with van der Waals surface area (Å²) in [6.45, 7) is 6.13. The fraction of sp³-hybridized carbons (Fsp3) is 1.00. The molecule has 0 bridgehead atoms. The molecule has 0 amide bonds. The predicted molar refractivity (Wildman–Crippen MR) is 67.9 cm³/mol. The number of hydrogen-bond acceptors (Lipinski definition) is 3. The molecule has 2 atom stereocenters. The molecule has 0 saturated carbocycles. The Morgan fingerprint density at radius 1 is 1.35 bits per heavy atom. The zero-order valence-electron chi connectivity index (χ0n) is 10.9. The molecule has 0 spiro atoms. The van der Waals surface area contributed by atoms with Gasteiger partial charge in [-0.1, -0.05) is 0 Å². The van der Waals surface area contributed by atoms with Gasteiger partial charge in [0.05, 0.1) is 0 Å². The molecule has 2 saturated heterocycles. The van der Waals surface area contributed by atoms with E-state index in [1.807, 2.05) is 13.8 Å². The van der Waals surface area contributed by atoms with Crippen LogP contribution in [-0.4, -0.2) is 55.8 Å². The molecular weight excluding hydrogens is 238 g/mol. The van der Waals surface area contributed by atoms with E-state index in [9.17, 15) is 8.42 Å². The highest BCUT2D eigenvalue weighted by atomic mass is 32.2. The second-order valence-corrected chi connectivity index (χ2v) is 7.39. The molecule has 0 aromatic rings. The van der Waals surface area contributed by atoms with Crippen LogP contribution in [0.1, 0.15) is 26.7 Å². The van der Waals surface area contributed by atoms with Crippen molar-refractivity contribution in [1.82, 2.24) is 13.9 Å². The first kappa shape index (κ1) is 13.3. The second-order valence-electron chi connectivity index (χ2n) is 5.40. The van der Waals surface area contributed by atoms with Crippen molar-refractivity contribution >= 4 is 10.2 Å². The molecule has 2 aliphatic heterocycles. The average Bonchev–Trinajstić information content (AvgIpc) is 2.71. The fourth-order valence-electron chi connectivity index (χ4n) is 2.64. The van der Waals surface area contributed by atoms with E-state index >= 15 is 0 Å². The summed E-state index contributed by atoms with van der Waals surface area (Å²) in [5, 5.41) is 3.43. The molecule has 17 heavy (non-hydrogen) atoms. The molecule has 2 unspecified atom stereocenters. The van der Waals surface area contributed by atoms with Crippen molar-refractivity contribution in [2.75, 3.05) is 26.7 Å². The van der Waals surface area contributed by atoms with E-state index in [4.69, 9.17) is 0 Å². The van der Waals surface area contributed by atoms with Crippen LogP contribution in [0.3, 0.4) is 0 Å². The van der Waals surface area contributed by atoms with E-state index in [1.165, 1.54) is 4.31 Å². The molecule has 0 aromatic heterocycles. The lowest BCUT2D eigenvalue weighted by Gasteiger charge is -2.26. The first-order valence-corrected chi connectivity index (χ1v) is 7.79. The van der Waals surface area contributed by atoms with Gasteiger partial charge in [-0.3, -0.25) is 0 Å². The van der Waals surface area contributed by atoms with Crippen LogP contribution in [0.4, 0.5) is 0 Å². The third-order valence-electron chi connectivity index (χ3n) is 3.98. The van der Waals surface area contributed by atoms with Crippen LogP contribution in [0.5, 0.6) is 0 Å². The average molecular weight is 261 g/mol. The summed E-state index contributed by atoms with van der Waals surface area (Å²) in [4.78, 5) is 0. The van der Waals surface area contributed by atoms with Gasteiger partial charge in [0.1, 0.15) is 0 Å². The molecule has 2 heterocycles. The van der Waals surface area contributed by atoms with Crippen molar-refractivity contribution in [3.05, 3.63) is 0 Å². The van der Waals surface area contributed by atoms with Crippen LogP contribution in [0, 0.1) is 5.92 Å². The largest absolute Gasteiger partial charge is 0.312 e. The number of rotatable bonds is 3. The van der Waals surface area contributed by atoms with Crippen LogP contribution >= 0.6 is 0 Å². The highest BCUT2D eigenvalue weighted by molar-refractivity contribution is 7.86. The molecule has 100 valence electrons. The lowest BCUT2D eigenvalue weighted by atomic mass is 9.94. The maximum Gasteiger partial charge on any atom is 0.282 e. The first-order valence-electron chi connectivity index (χ1n) is 6.39. The number of nitrogens with one attached hydrogen (secondary N) is 1. The highest BCUT2D eigenvalue weighted by Gasteiger charge is 2.41. The summed E-state index contributed by atoms with van der Waals surface area (Å²) < 4.78 is 27.8. The Kier molecular flexibility index (Phi) is 3.77. The van der Waals surface area contributed by atoms with Crippen LogP contribution in [0.2, 0.25) is 0 Å². The van der Waals surface area contributed by atoms with E-state index in [1.54, 1.807) is 11.4 Å². The van der Waals surface area contributed by atoms with Gasteiger partial charge in [-0.05, 0) is 39.2 Å². The molecule has 5 nitrogen and oxygen atoms in total. The molecule has 6 heteroatoms. The van der Waals surface area contributed by atoms with Gasteiger partial charge >= 0.3 is 0 Å². The van der Waals surface area contributed by atoms with Gasteiger partial charge in [0.15, 0.2) is 0 Å². The van der Waals surface area contributed by atoms with Crippen LogP contribution < -0.4 is 5.32 Å². The Bertz CT molecular complexity index is 355. The van der Waals surface area contributed by atoms with Crippen molar-refractivity contribution in [3.63, 3.8) is 0 Å². The minimum absolute atomic E-state index is 0.00980. The van der Waals surface area contributed by atoms with Gasteiger partial charge in [-0.2, -0.15) is 17.0 Å². The van der Waals surface area contributed by atoms with Crippen molar-refractivity contribution in [1.29, 1.82) is 0 Å². The molecule has 2 fully saturated rings. The monoisotopic (exact) mass is 261 g/mol. The Hall–Kier alpha value is -0.170. The summed E-state index contributed by atoms with van der Waals surface area (Å²) in [5.41, 5.74) is 0. The van der Waals surface area contributed by atoms with E-state index in [0.717, 1.165) is 19.4 Å². The van der Waals surface area contributed by atoms with Gasteiger partial charge in [0, 0.05) is 32.2 Å². The maximum atomic E-state index is 12.3. The van der Waals surface area contributed by atoms with E-state index in [2.05, 4.69) is 5.32 Å². The van der Waals surface area contributed by atoms with Gasteiger partial charge in [0.2, 0.25) is 0 Å². The Morgan fingerprint density at radius 2 is 2.06 bits per heavy atom. The van der Waals surface area contributed by atoms with Crippen molar-refractivity contribution in [3.8, 4) is 0 Å². The van der Waals surface area contributed by atoms with Crippen molar-refractivity contribution in [2.45, 2.75) is 38.8 Å². The van der Waals surface area contributed by atoms with Crippen LogP contribution in [0.15, 0.2) is 0 Å². The normalized spacial score (nSPS) is 31.1. The summed E-state index contributed by atoms with van der Waals surface area (Å²) in [7, 11) is -1.61. The molecular formula is C11H23N3O2S. The minimum Gasteiger partial charge on any atom is -0.312 e. The number of hydrogen-bond donors (Lipinski definition) is 1. The number of piperidine rings is 1. The third kappa shape index (κ3) is 2.50. The SMILES string of the molecule is CC(C)N(C)S(=O)(=O)N1CC2CCCNC2C1. The molecule has 0 radical (unpaired) electrons. The van der Waals surface area contributed by atoms with E-state index in [-0.39, 0.29) is 6.04 Å². The molecule has 2 aliphatic rings. The topological polar surface area (TPSA) is 52.7 Å². The van der Waals surface area contributed by atoms with Gasteiger partial charge in [-0.25, -0.2) is 0 Å². The van der Waals surface area contributed by atoms with Crippen molar-refractivity contribution < 1.29 is 8.42 Å². The molecule has 1 N–H and O–H groups in total. The standard InChI is InChI=1S/C11H23N3O2S/c1-9(2)13(3)17(15,16)14-7-10-5-4-6-12-11(10)8-14/h9-12H,4-8H2,1-3H3. The Balaban J connectivity index is 2.09. The highest BCUT2D eigenvalue weighted by Crippen LogP contribution is 2.27.